The van der Waals surface area contributed by atoms with E-state index in [1.807, 2.05) is 20.3 Å². The van der Waals surface area contributed by atoms with Crippen molar-refractivity contribution in [1.82, 2.24) is 4.98 Å². The smallest absolute Gasteiger partial charge is 0.151 e. The number of anilines is 2. The Morgan fingerprint density at radius 1 is 1.05 bits per heavy atom. The first-order chi connectivity index (χ1) is 8.99. The molecule has 100 valence electrons. The van der Waals surface area contributed by atoms with Gasteiger partial charge in [-0.3, -0.25) is 4.98 Å². The van der Waals surface area contributed by atoms with Crippen LogP contribution in [0.4, 0.5) is 20.2 Å². The Labute approximate surface area is 112 Å². The molecule has 0 radical (unpaired) electrons. The van der Waals surface area contributed by atoms with Crippen LogP contribution in [0.2, 0.25) is 0 Å². The van der Waals surface area contributed by atoms with Gasteiger partial charge in [0.1, 0.15) is 5.82 Å². The van der Waals surface area contributed by atoms with Crippen LogP contribution in [0.5, 0.6) is 0 Å². The Morgan fingerprint density at radius 3 is 2.42 bits per heavy atom. The van der Waals surface area contributed by atoms with Gasteiger partial charge in [0.2, 0.25) is 0 Å². The molecule has 5 heteroatoms. The number of aromatic nitrogens is 1. The molecule has 1 heterocycles. The standard InChI is InChI=1S/C14H15F2N2P/c1-9-4-5-12(10(15)6-9)18-13-8-17-7-11(16)14(13)19(2)3/h4-8,18H,1-3H3. The van der Waals surface area contributed by atoms with Crippen molar-refractivity contribution in [2.75, 3.05) is 18.6 Å². The third-order valence-electron chi connectivity index (χ3n) is 2.71. The zero-order valence-corrected chi connectivity index (χ0v) is 11.9. The van der Waals surface area contributed by atoms with E-state index in [0.29, 0.717) is 16.7 Å². The molecule has 0 aliphatic heterocycles. The van der Waals surface area contributed by atoms with Crippen molar-refractivity contribution in [3.05, 3.63) is 47.8 Å². The molecule has 2 nitrogen and oxygen atoms in total. The third-order valence-corrected chi connectivity index (χ3v) is 4.06. The number of nitrogens with zero attached hydrogens (tertiary/aromatic N) is 1. The van der Waals surface area contributed by atoms with Crippen molar-refractivity contribution in [3.63, 3.8) is 0 Å². The van der Waals surface area contributed by atoms with Crippen LogP contribution in [-0.4, -0.2) is 18.3 Å². The van der Waals surface area contributed by atoms with Gasteiger partial charge in [0.15, 0.2) is 5.82 Å². The number of pyridine rings is 1. The second kappa shape index (κ2) is 5.62. The van der Waals surface area contributed by atoms with E-state index in [2.05, 4.69) is 10.3 Å². The van der Waals surface area contributed by atoms with Crippen LogP contribution in [0.25, 0.3) is 0 Å². The molecule has 1 N–H and O–H groups in total. The lowest BCUT2D eigenvalue weighted by Crippen LogP contribution is -2.13. The van der Waals surface area contributed by atoms with E-state index in [0.717, 1.165) is 5.56 Å². The molecular weight excluding hydrogens is 265 g/mol. The number of rotatable bonds is 3. The van der Waals surface area contributed by atoms with Gasteiger partial charge in [0, 0.05) is 5.30 Å². The molecule has 19 heavy (non-hydrogen) atoms. The molecule has 0 atom stereocenters. The summed E-state index contributed by atoms with van der Waals surface area (Å²) in [6.45, 7) is 5.72. The third kappa shape index (κ3) is 3.07. The van der Waals surface area contributed by atoms with Gasteiger partial charge in [0.25, 0.3) is 0 Å². The number of halogens is 2. The van der Waals surface area contributed by atoms with Crippen molar-refractivity contribution < 1.29 is 8.78 Å². The topological polar surface area (TPSA) is 24.9 Å². The number of hydrogen-bond donors (Lipinski definition) is 1. The van der Waals surface area contributed by atoms with Crippen molar-refractivity contribution in [2.45, 2.75) is 6.92 Å². The van der Waals surface area contributed by atoms with E-state index < -0.39 is 7.92 Å². The summed E-state index contributed by atoms with van der Waals surface area (Å²) >= 11 is 0. The first kappa shape index (κ1) is 13.9. The SMILES string of the molecule is Cc1ccc(Nc2cncc(F)c2P(C)C)c(F)c1. The zero-order valence-electron chi connectivity index (χ0n) is 11.0. The first-order valence-corrected chi connectivity index (χ1v) is 8.06. The van der Waals surface area contributed by atoms with Crippen LogP contribution in [0.1, 0.15) is 5.56 Å². The summed E-state index contributed by atoms with van der Waals surface area (Å²) in [6.07, 6.45) is 2.72. The second-order valence-electron chi connectivity index (χ2n) is 4.52. The van der Waals surface area contributed by atoms with Crippen LogP contribution >= 0.6 is 7.92 Å². The molecule has 0 saturated heterocycles. The van der Waals surface area contributed by atoms with Crippen LogP contribution < -0.4 is 10.6 Å². The van der Waals surface area contributed by atoms with E-state index in [-0.39, 0.29) is 11.6 Å². The van der Waals surface area contributed by atoms with Crippen molar-refractivity contribution >= 4 is 24.6 Å². The molecule has 0 fully saturated rings. The van der Waals surface area contributed by atoms with E-state index in [1.165, 1.54) is 18.5 Å². The summed E-state index contributed by atoms with van der Waals surface area (Å²) in [6, 6.07) is 4.89. The maximum atomic E-state index is 13.8. The predicted molar refractivity (Wildman–Crippen MR) is 77.0 cm³/mol. The summed E-state index contributed by atoms with van der Waals surface area (Å²) < 4.78 is 27.6. The van der Waals surface area contributed by atoms with Crippen molar-refractivity contribution in [1.29, 1.82) is 0 Å². The molecule has 0 aliphatic carbocycles. The summed E-state index contributed by atoms with van der Waals surface area (Å²) in [5, 5.41) is 3.50. The van der Waals surface area contributed by atoms with Gasteiger partial charge in [-0.05, 0) is 37.9 Å². The Balaban J connectivity index is 2.41. The minimum atomic E-state index is -0.649. The van der Waals surface area contributed by atoms with E-state index >= 15 is 0 Å². The maximum Gasteiger partial charge on any atom is 0.151 e. The molecular formula is C14H15F2N2P. The second-order valence-corrected chi connectivity index (χ2v) is 6.76. The highest BCUT2D eigenvalue weighted by molar-refractivity contribution is 7.64. The molecule has 2 rings (SSSR count). The lowest BCUT2D eigenvalue weighted by Gasteiger charge is -2.15. The van der Waals surface area contributed by atoms with Gasteiger partial charge in [-0.25, -0.2) is 8.78 Å². The largest absolute Gasteiger partial charge is 0.351 e. The molecule has 0 bridgehead atoms. The molecule has 2 aromatic rings. The van der Waals surface area contributed by atoms with Crippen LogP contribution in [0.15, 0.2) is 30.6 Å². The number of benzene rings is 1. The maximum absolute atomic E-state index is 13.8. The molecule has 1 aromatic carbocycles. The highest BCUT2D eigenvalue weighted by Gasteiger charge is 2.14. The minimum absolute atomic E-state index is 0.330. The van der Waals surface area contributed by atoms with E-state index in [1.54, 1.807) is 12.1 Å². The highest BCUT2D eigenvalue weighted by Crippen LogP contribution is 2.31. The molecule has 1 aromatic heterocycles. The van der Waals surface area contributed by atoms with Gasteiger partial charge >= 0.3 is 0 Å². The monoisotopic (exact) mass is 280 g/mol. The quantitative estimate of drug-likeness (QED) is 0.865. The average Bonchev–Trinajstić information content (AvgIpc) is 2.32. The summed E-state index contributed by atoms with van der Waals surface area (Å²) in [7, 11) is -0.649. The van der Waals surface area contributed by atoms with Crippen LogP contribution in [0, 0.1) is 18.6 Å². The Hall–Kier alpha value is -1.54. The number of aryl methyl sites for hydroxylation is 1. The Bertz CT molecular complexity index is 600. The Morgan fingerprint density at radius 2 is 1.79 bits per heavy atom. The first-order valence-electron chi connectivity index (χ1n) is 5.83. The fourth-order valence-corrected chi connectivity index (χ4v) is 2.92. The zero-order chi connectivity index (χ0) is 14.0. The van der Waals surface area contributed by atoms with Gasteiger partial charge < -0.3 is 5.32 Å². The normalized spacial score (nSPS) is 10.8. The molecule has 0 amide bonds. The minimum Gasteiger partial charge on any atom is -0.351 e. The van der Waals surface area contributed by atoms with Crippen molar-refractivity contribution in [2.24, 2.45) is 0 Å². The fourth-order valence-electron chi connectivity index (χ4n) is 1.84. The lowest BCUT2D eigenvalue weighted by molar-refractivity contribution is 0.628. The van der Waals surface area contributed by atoms with Crippen molar-refractivity contribution in [3.8, 4) is 0 Å². The van der Waals surface area contributed by atoms with Gasteiger partial charge in [-0.15, -0.1) is 0 Å². The number of nitrogens with one attached hydrogen (secondary N) is 1. The predicted octanol–water partition coefficient (Wildman–Crippen LogP) is 3.78. The highest BCUT2D eigenvalue weighted by atomic mass is 31.1. The van der Waals surface area contributed by atoms with E-state index in [4.69, 9.17) is 0 Å². The van der Waals surface area contributed by atoms with E-state index in [9.17, 15) is 8.78 Å². The van der Waals surface area contributed by atoms with Gasteiger partial charge in [0.05, 0.1) is 23.8 Å². The summed E-state index contributed by atoms with van der Waals surface area (Å²) in [5.41, 5.74) is 1.70. The summed E-state index contributed by atoms with van der Waals surface area (Å²) in [5.74, 6) is -0.708. The number of hydrogen-bond acceptors (Lipinski definition) is 2. The van der Waals surface area contributed by atoms with Gasteiger partial charge in [-0.1, -0.05) is 14.0 Å². The molecule has 0 saturated carbocycles. The fraction of sp³-hybridized carbons (Fsp3) is 0.214. The lowest BCUT2D eigenvalue weighted by atomic mass is 10.2. The van der Waals surface area contributed by atoms with Crippen LogP contribution in [0.3, 0.4) is 0 Å². The van der Waals surface area contributed by atoms with Gasteiger partial charge in [-0.2, -0.15) is 0 Å². The molecule has 0 spiro atoms. The molecule has 0 unspecified atom stereocenters. The Kier molecular flexibility index (Phi) is 4.11. The summed E-state index contributed by atoms with van der Waals surface area (Å²) in [4.78, 5) is 3.82. The van der Waals surface area contributed by atoms with Crippen LogP contribution in [-0.2, 0) is 0 Å². The average molecular weight is 280 g/mol. The molecule has 0 aliphatic rings.